The van der Waals surface area contributed by atoms with Gasteiger partial charge in [0.1, 0.15) is 0 Å². The summed E-state index contributed by atoms with van der Waals surface area (Å²) in [6, 6.07) is 6.97. The van der Waals surface area contributed by atoms with E-state index in [9.17, 15) is 9.59 Å². The van der Waals surface area contributed by atoms with E-state index in [4.69, 9.17) is 0 Å². The first-order chi connectivity index (χ1) is 9.70. The zero-order chi connectivity index (χ0) is 14.4. The van der Waals surface area contributed by atoms with Crippen LogP contribution in [-0.2, 0) is 4.79 Å². The number of piperidine rings is 1. The van der Waals surface area contributed by atoms with Crippen molar-refractivity contribution in [2.24, 2.45) is 5.92 Å². The second-order valence-corrected chi connectivity index (χ2v) is 4.97. The first-order valence-electron chi connectivity index (χ1n) is 7.10. The van der Waals surface area contributed by atoms with E-state index in [1.807, 2.05) is 6.92 Å². The van der Waals surface area contributed by atoms with E-state index in [-0.39, 0.29) is 30.1 Å². The number of hydrogen-bond acceptors (Lipinski definition) is 3. The molecule has 1 saturated heterocycles. The highest BCUT2D eigenvalue weighted by Gasteiger charge is 2.20. The molecule has 3 N–H and O–H groups in total. The van der Waals surface area contributed by atoms with Crippen LogP contribution in [0.2, 0.25) is 0 Å². The summed E-state index contributed by atoms with van der Waals surface area (Å²) in [5, 5.41) is 8.86. The Morgan fingerprint density at radius 1 is 1.29 bits per heavy atom. The predicted octanol–water partition coefficient (Wildman–Crippen LogP) is 1.80. The predicted molar refractivity (Wildman–Crippen MR) is 85.9 cm³/mol. The lowest BCUT2D eigenvalue weighted by Crippen LogP contribution is -2.37. The summed E-state index contributed by atoms with van der Waals surface area (Å²) >= 11 is 0. The number of benzene rings is 1. The first kappa shape index (κ1) is 17.5. The highest BCUT2D eigenvalue weighted by molar-refractivity contribution is 5.96. The van der Waals surface area contributed by atoms with Crippen molar-refractivity contribution in [3.8, 4) is 0 Å². The molecule has 0 bridgehead atoms. The third kappa shape index (κ3) is 5.02. The fourth-order valence-electron chi connectivity index (χ4n) is 2.29. The van der Waals surface area contributed by atoms with Crippen molar-refractivity contribution in [3.63, 3.8) is 0 Å². The van der Waals surface area contributed by atoms with Gasteiger partial charge in [0.25, 0.3) is 5.91 Å². The second kappa shape index (κ2) is 8.64. The van der Waals surface area contributed by atoms with E-state index in [0.717, 1.165) is 31.6 Å². The molecule has 1 aliphatic heterocycles. The van der Waals surface area contributed by atoms with Crippen LogP contribution in [0.25, 0.3) is 0 Å². The molecule has 1 aromatic carbocycles. The zero-order valence-electron chi connectivity index (χ0n) is 12.1. The van der Waals surface area contributed by atoms with E-state index in [1.54, 1.807) is 24.3 Å². The molecule has 116 valence electrons. The van der Waals surface area contributed by atoms with E-state index >= 15 is 0 Å². The van der Waals surface area contributed by atoms with Crippen LogP contribution in [0.15, 0.2) is 24.3 Å². The monoisotopic (exact) mass is 311 g/mol. The van der Waals surface area contributed by atoms with E-state index in [0.29, 0.717) is 12.1 Å². The molecule has 1 fully saturated rings. The fraction of sp³-hybridized carbons (Fsp3) is 0.467. The Hall–Kier alpha value is -1.59. The third-order valence-corrected chi connectivity index (χ3v) is 3.42. The lowest BCUT2D eigenvalue weighted by Gasteiger charge is -2.21. The van der Waals surface area contributed by atoms with Crippen LogP contribution in [0.3, 0.4) is 0 Å². The van der Waals surface area contributed by atoms with Gasteiger partial charge in [0.05, 0.1) is 5.92 Å². The summed E-state index contributed by atoms with van der Waals surface area (Å²) in [4.78, 5) is 23.7. The molecule has 1 unspecified atom stereocenters. The van der Waals surface area contributed by atoms with Crippen molar-refractivity contribution in [1.29, 1.82) is 0 Å². The largest absolute Gasteiger partial charge is 0.352 e. The molecule has 1 heterocycles. The van der Waals surface area contributed by atoms with Gasteiger partial charge in [0.15, 0.2) is 0 Å². The minimum Gasteiger partial charge on any atom is -0.352 e. The molecule has 0 saturated carbocycles. The van der Waals surface area contributed by atoms with Gasteiger partial charge >= 0.3 is 0 Å². The quantitative estimate of drug-likeness (QED) is 0.794. The normalized spacial score (nSPS) is 17.5. The van der Waals surface area contributed by atoms with Crippen LogP contribution < -0.4 is 16.0 Å². The average Bonchev–Trinajstić information content (AvgIpc) is 2.49. The van der Waals surface area contributed by atoms with Crippen LogP contribution in [0, 0.1) is 5.92 Å². The van der Waals surface area contributed by atoms with Crippen molar-refractivity contribution in [2.75, 3.05) is 25.0 Å². The van der Waals surface area contributed by atoms with Crippen molar-refractivity contribution in [3.05, 3.63) is 29.8 Å². The number of carbonyl (C=O) groups is 2. The smallest absolute Gasteiger partial charge is 0.251 e. The Bertz CT molecular complexity index is 470. The fourth-order valence-corrected chi connectivity index (χ4v) is 2.29. The molecular weight excluding hydrogens is 290 g/mol. The minimum atomic E-state index is -0.0955. The molecule has 0 spiro atoms. The Balaban J connectivity index is 0.00000220. The molecule has 1 aliphatic rings. The van der Waals surface area contributed by atoms with Gasteiger partial charge in [-0.05, 0) is 50.6 Å². The minimum absolute atomic E-state index is 0. The second-order valence-electron chi connectivity index (χ2n) is 4.97. The summed E-state index contributed by atoms with van der Waals surface area (Å²) in [6.45, 7) is 4.21. The Labute approximate surface area is 131 Å². The van der Waals surface area contributed by atoms with Gasteiger partial charge in [0, 0.05) is 24.3 Å². The van der Waals surface area contributed by atoms with E-state index < -0.39 is 0 Å². The summed E-state index contributed by atoms with van der Waals surface area (Å²) in [5.41, 5.74) is 1.33. The lowest BCUT2D eigenvalue weighted by atomic mass is 9.99. The van der Waals surface area contributed by atoms with Crippen molar-refractivity contribution < 1.29 is 9.59 Å². The van der Waals surface area contributed by atoms with Crippen molar-refractivity contribution >= 4 is 29.9 Å². The molecule has 1 atom stereocenters. The molecule has 1 aromatic rings. The molecule has 2 amide bonds. The van der Waals surface area contributed by atoms with Gasteiger partial charge in [0.2, 0.25) is 5.91 Å². The molecule has 0 radical (unpaired) electrons. The number of carbonyl (C=O) groups excluding carboxylic acids is 2. The highest BCUT2D eigenvalue weighted by atomic mass is 35.5. The Morgan fingerprint density at radius 2 is 2.00 bits per heavy atom. The maximum absolute atomic E-state index is 12.1. The molecule has 5 nitrogen and oxygen atoms in total. The van der Waals surface area contributed by atoms with Gasteiger partial charge < -0.3 is 16.0 Å². The molecule has 0 aliphatic carbocycles. The SMILES string of the molecule is CCNC(=O)c1ccc(NC(=O)C2CCCNC2)cc1.Cl. The van der Waals surface area contributed by atoms with Gasteiger partial charge in [-0.1, -0.05) is 0 Å². The van der Waals surface area contributed by atoms with E-state index in [2.05, 4.69) is 16.0 Å². The van der Waals surface area contributed by atoms with Crippen molar-refractivity contribution in [1.82, 2.24) is 10.6 Å². The summed E-state index contributed by atoms with van der Waals surface area (Å²) in [7, 11) is 0. The summed E-state index contributed by atoms with van der Waals surface area (Å²) in [5.74, 6) is -0.0170. The van der Waals surface area contributed by atoms with Crippen LogP contribution in [0.5, 0.6) is 0 Å². The molecular formula is C15H22ClN3O2. The molecule has 0 aromatic heterocycles. The Morgan fingerprint density at radius 3 is 2.57 bits per heavy atom. The molecule has 6 heteroatoms. The number of rotatable bonds is 4. The van der Waals surface area contributed by atoms with E-state index in [1.165, 1.54) is 0 Å². The maximum atomic E-state index is 12.1. The summed E-state index contributed by atoms with van der Waals surface area (Å²) < 4.78 is 0. The molecule has 2 rings (SSSR count). The van der Waals surface area contributed by atoms with Gasteiger partial charge in [-0.25, -0.2) is 0 Å². The topological polar surface area (TPSA) is 70.2 Å². The average molecular weight is 312 g/mol. The number of amides is 2. The summed E-state index contributed by atoms with van der Waals surface area (Å²) in [6.07, 6.45) is 1.96. The standard InChI is InChI=1S/C15H21N3O2.ClH/c1-2-17-14(19)11-5-7-13(8-6-11)18-15(20)12-4-3-9-16-10-12;/h5-8,12,16H,2-4,9-10H2,1H3,(H,17,19)(H,18,20);1H. The van der Waals surface area contributed by atoms with Gasteiger partial charge in [-0.2, -0.15) is 0 Å². The number of nitrogens with one attached hydrogen (secondary N) is 3. The number of anilines is 1. The van der Waals surface area contributed by atoms with Gasteiger partial charge in [-0.3, -0.25) is 9.59 Å². The maximum Gasteiger partial charge on any atom is 0.251 e. The Kier molecular flexibility index (Phi) is 7.19. The van der Waals surface area contributed by atoms with Crippen molar-refractivity contribution in [2.45, 2.75) is 19.8 Å². The van der Waals surface area contributed by atoms with Gasteiger partial charge in [-0.15, -0.1) is 12.4 Å². The molecule has 21 heavy (non-hydrogen) atoms. The van der Waals surface area contributed by atoms with Crippen LogP contribution in [0.1, 0.15) is 30.1 Å². The lowest BCUT2D eigenvalue weighted by molar-refractivity contribution is -0.120. The number of hydrogen-bond donors (Lipinski definition) is 3. The number of halogens is 1. The highest BCUT2D eigenvalue weighted by Crippen LogP contribution is 2.15. The zero-order valence-corrected chi connectivity index (χ0v) is 13.0. The first-order valence-corrected chi connectivity index (χ1v) is 7.10. The van der Waals surface area contributed by atoms with Crippen LogP contribution >= 0.6 is 12.4 Å². The third-order valence-electron chi connectivity index (χ3n) is 3.42. The van der Waals surface area contributed by atoms with Crippen LogP contribution in [-0.4, -0.2) is 31.4 Å². The van der Waals surface area contributed by atoms with Crippen LogP contribution in [0.4, 0.5) is 5.69 Å².